The zero-order valence-corrected chi connectivity index (χ0v) is 14.0. The molecule has 0 atom stereocenters. The average Bonchev–Trinajstić information content (AvgIpc) is 3.08. The molecule has 1 amide bonds. The number of halogens is 1. The molecule has 1 heterocycles. The summed E-state index contributed by atoms with van der Waals surface area (Å²) in [5.74, 6) is 0.112. The molecule has 0 fully saturated rings. The fourth-order valence-corrected chi connectivity index (χ4v) is 2.43. The second-order valence-corrected chi connectivity index (χ2v) is 5.54. The summed E-state index contributed by atoms with van der Waals surface area (Å²) in [7, 11) is 0. The standard InChI is InChI=1S/C19H18FN3O2/c1-3-25-15-7-4-13(5-8-15)17-11-18(23-22-17)19(24)21-16-9-6-14(20)10-12(16)2/h4-11H,3H2,1-2H3,(H,21,24)(H,22,23). The Bertz CT molecular complexity index is 888. The number of nitrogens with zero attached hydrogens (tertiary/aromatic N) is 1. The van der Waals surface area contributed by atoms with Gasteiger partial charge in [-0.2, -0.15) is 5.10 Å². The minimum atomic E-state index is -0.338. The lowest BCUT2D eigenvalue weighted by molar-refractivity contribution is 0.102. The van der Waals surface area contributed by atoms with Crippen LogP contribution in [-0.4, -0.2) is 22.7 Å². The van der Waals surface area contributed by atoms with Crippen LogP contribution in [0.5, 0.6) is 5.75 Å². The molecule has 3 rings (SSSR count). The van der Waals surface area contributed by atoms with E-state index < -0.39 is 0 Å². The maximum absolute atomic E-state index is 13.1. The number of aromatic nitrogens is 2. The molecule has 0 spiro atoms. The predicted octanol–water partition coefficient (Wildman–Crippen LogP) is 4.18. The number of rotatable bonds is 5. The first kappa shape index (κ1) is 16.7. The molecule has 2 aromatic carbocycles. The molecule has 25 heavy (non-hydrogen) atoms. The van der Waals surface area contributed by atoms with Crippen LogP contribution < -0.4 is 10.1 Å². The van der Waals surface area contributed by atoms with Gasteiger partial charge in [0.25, 0.3) is 5.91 Å². The van der Waals surface area contributed by atoms with E-state index in [0.29, 0.717) is 29.2 Å². The maximum atomic E-state index is 13.1. The molecule has 0 unspecified atom stereocenters. The third kappa shape index (κ3) is 3.85. The number of anilines is 1. The van der Waals surface area contributed by atoms with Crippen molar-refractivity contribution < 1.29 is 13.9 Å². The molecular formula is C19H18FN3O2. The van der Waals surface area contributed by atoms with E-state index in [0.717, 1.165) is 11.3 Å². The van der Waals surface area contributed by atoms with Crippen molar-refractivity contribution in [3.05, 3.63) is 65.6 Å². The molecule has 128 valence electrons. The molecule has 0 aliphatic heterocycles. The number of aryl methyl sites for hydroxylation is 1. The van der Waals surface area contributed by atoms with Crippen LogP contribution in [0, 0.1) is 12.7 Å². The summed E-state index contributed by atoms with van der Waals surface area (Å²) in [5, 5.41) is 9.65. The second-order valence-electron chi connectivity index (χ2n) is 5.54. The average molecular weight is 339 g/mol. The number of hydrogen-bond donors (Lipinski definition) is 2. The number of H-pyrrole nitrogens is 1. The molecule has 0 saturated carbocycles. The van der Waals surface area contributed by atoms with Crippen molar-refractivity contribution in [2.45, 2.75) is 13.8 Å². The molecule has 0 radical (unpaired) electrons. The van der Waals surface area contributed by atoms with Crippen molar-refractivity contribution in [2.24, 2.45) is 0 Å². The molecule has 2 N–H and O–H groups in total. The van der Waals surface area contributed by atoms with E-state index in [2.05, 4.69) is 15.5 Å². The zero-order chi connectivity index (χ0) is 17.8. The van der Waals surface area contributed by atoms with Gasteiger partial charge in [-0.1, -0.05) is 0 Å². The van der Waals surface area contributed by atoms with E-state index in [4.69, 9.17) is 4.74 Å². The summed E-state index contributed by atoms with van der Waals surface area (Å²) in [5.41, 5.74) is 3.07. The number of nitrogens with one attached hydrogen (secondary N) is 2. The monoisotopic (exact) mass is 339 g/mol. The predicted molar refractivity (Wildman–Crippen MR) is 94.3 cm³/mol. The summed E-state index contributed by atoms with van der Waals surface area (Å²) in [4.78, 5) is 12.3. The third-order valence-electron chi connectivity index (χ3n) is 3.72. The first-order valence-corrected chi connectivity index (χ1v) is 7.93. The van der Waals surface area contributed by atoms with Crippen LogP contribution in [0.1, 0.15) is 23.0 Å². The fraction of sp³-hybridized carbons (Fsp3) is 0.158. The van der Waals surface area contributed by atoms with Gasteiger partial charge >= 0.3 is 0 Å². The Labute approximate surface area is 144 Å². The van der Waals surface area contributed by atoms with Gasteiger partial charge < -0.3 is 10.1 Å². The highest BCUT2D eigenvalue weighted by Crippen LogP contribution is 2.22. The van der Waals surface area contributed by atoms with Gasteiger partial charge in [0, 0.05) is 11.3 Å². The molecule has 1 aromatic heterocycles. The Morgan fingerprint density at radius 1 is 1.20 bits per heavy atom. The fourth-order valence-electron chi connectivity index (χ4n) is 2.43. The van der Waals surface area contributed by atoms with Crippen molar-refractivity contribution in [1.29, 1.82) is 0 Å². The van der Waals surface area contributed by atoms with E-state index in [-0.39, 0.29) is 11.7 Å². The van der Waals surface area contributed by atoms with Crippen molar-refractivity contribution in [1.82, 2.24) is 10.2 Å². The molecule has 0 aliphatic carbocycles. The Morgan fingerprint density at radius 3 is 2.64 bits per heavy atom. The van der Waals surface area contributed by atoms with E-state index in [1.807, 2.05) is 31.2 Å². The first-order valence-electron chi connectivity index (χ1n) is 7.93. The maximum Gasteiger partial charge on any atom is 0.273 e. The highest BCUT2D eigenvalue weighted by atomic mass is 19.1. The molecule has 3 aromatic rings. The lowest BCUT2D eigenvalue weighted by Crippen LogP contribution is -2.13. The number of amides is 1. The Morgan fingerprint density at radius 2 is 1.96 bits per heavy atom. The molecule has 0 bridgehead atoms. The van der Waals surface area contributed by atoms with Crippen LogP contribution in [0.15, 0.2) is 48.5 Å². The van der Waals surface area contributed by atoms with Gasteiger partial charge in [-0.05, 0) is 67.9 Å². The summed E-state index contributed by atoms with van der Waals surface area (Å²) >= 11 is 0. The van der Waals surface area contributed by atoms with E-state index in [9.17, 15) is 9.18 Å². The Kier molecular flexibility index (Phi) is 4.79. The van der Waals surface area contributed by atoms with Crippen LogP contribution in [0.4, 0.5) is 10.1 Å². The smallest absolute Gasteiger partial charge is 0.273 e. The molecule has 0 aliphatic rings. The number of carbonyl (C=O) groups is 1. The highest BCUT2D eigenvalue weighted by molar-refractivity contribution is 6.03. The zero-order valence-electron chi connectivity index (χ0n) is 14.0. The van der Waals surface area contributed by atoms with E-state index in [1.54, 1.807) is 13.0 Å². The summed E-state index contributed by atoms with van der Waals surface area (Å²) in [6.07, 6.45) is 0. The molecular weight excluding hydrogens is 321 g/mol. The number of carbonyl (C=O) groups excluding carboxylic acids is 1. The molecule has 5 nitrogen and oxygen atoms in total. The van der Waals surface area contributed by atoms with Crippen LogP contribution >= 0.6 is 0 Å². The Hall–Kier alpha value is -3.15. The number of hydrogen-bond acceptors (Lipinski definition) is 3. The number of benzene rings is 2. The SMILES string of the molecule is CCOc1ccc(-c2cc(C(=O)Nc3ccc(F)cc3C)[nH]n2)cc1. The second kappa shape index (κ2) is 7.17. The number of ether oxygens (including phenoxy) is 1. The van der Waals surface area contributed by atoms with Crippen molar-refractivity contribution in [3.63, 3.8) is 0 Å². The summed E-state index contributed by atoms with van der Waals surface area (Å²) in [6, 6.07) is 13.4. The Balaban J connectivity index is 1.75. The van der Waals surface area contributed by atoms with Gasteiger partial charge in [0.15, 0.2) is 0 Å². The van der Waals surface area contributed by atoms with Gasteiger partial charge in [0.1, 0.15) is 17.3 Å². The lowest BCUT2D eigenvalue weighted by atomic mass is 10.1. The van der Waals surface area contributed by atoms with Crippen LogP contribution in [0.3, 0.4) is 0 Å². The van der Waals surface area contributed by atoms with Crippen LogP contribution in [-0.2, 0) is 0 Å². The minimum Gasteiger partial charge on any atom is -0.494 e. The van der Waals surface area contributed by atoms with E-state index in [1.165, 1.54) is 18.2 Å². The highest BCUT2D eigenvalue weighted by Gasteiger charge is 2.12. The van der Waals surface area contributed by atoms with Crippen LogP contribution in [0.2, 0.25) is 0 Å². The van der Waals surface area contributed by atoms with Crippen molar-refractivity contribution in [2.75, 3.05) is 11.9 Å². The van der Waals surface area contributed by atoms with Crippen LogP contribution in [0.25, 0.3) is 11.3 Å². The topological polar surface area (TPSA) is 67.0 Å². The van der Waals surface area contributed by atoms with Gasteiger partial charge in [-0.3, -0.25) is 9.89 Å². The lowest BCUT2D eigenvalue weighted by Gasteiger charge is -2.06. The van der Waals surface area contributed by atoms with Gasteiger partial charge in [-0.25, -0.2) is 4.39 Å². The van der Waals surface area contributed by atoms with E-state index >= 15 is 0 Å². The molecule has 6 heteroatoms. The largest absolute Gasteiger partial charge is 0.494 e. The normalized spacial score (nSPS) is 10.5. The quantitative estimate of drug-likeness (QED) is 0.733. The third-order valence-corrected chi connectivity index (χ3v) is 3.72. The summed E-state index contributed by atoms with van der Waals surface area (Å²) in [6.45, 7) is 4.27. The van der Waals surface area contributed by atoms with Gasteiger partial charge in [0.05, 0.1) is 12.3 Å². The molecule has 0 saturated heterocycles. The van der Waals surface area contributed by atoms with Gasteiger partial charge in [-0.15, -0.1) is 0 Å². The van der Waals surface area contributed by atoms with Gasteiger partial charge in [0.2, 0.25) is 0 Å². The van der Waals surface area contributed by atoms with Crippen molar-refractivity contribution >= 4 is 11.6 Å². The van der Waals surface area contributed by atoms with Crippen molar-refractivity contribution in [3.8, 4) is 17.0 Å². The number of aromatic amines is 1. The first-order chi connectivity index (χ1) is 12.1. The summed E-state index contributed by atoms with van der Waals surface area (Å²) < 4.78 is 18.5. The minimum absolute atomic E-state index is 0.326.